The Labute approximate surface area is 118 Å². The molecule has 1 aromatic carbocycles. The van der Waals surface area contributed by atoms with Gasteiger partial charge in [-0.1, -0.05) is 5.11 Å². The Kier molecular flexibility index (Phi) is 5.67. The van der Waals surface area contributed by atoms with Gasteiger partial charge in [0, 0.05) is 11.5 Å². The van der Waals surface area contributed by atoms with Crippen molar-refractivity contribution in [3.8, 4) is 0 Å². The van der Waals surface area contributed by atoms with Gasteiger partial charge in [-0.2, -0.15) is 0 Å². The second kappa shape index (κ2) is 7.25. The summed E-state index contributed by atoms with van der Waals surface area (Å²) in [5.41, 5.74) is 7.44. The first-order valence-electron chi connectivity index (χ1n) is 5.85. The van der Waals surface area contributed by atoms with Gasteiger partial charge in [-0.25, -0.2) is 9.59 Å². The molecule has 1 aromatic rings. The largest absolute Gasteiger partial charge is 0.478 e. The van der Waals surface area contributed by atoms with Gasteiger partial charge in [0.05, 0.1) is 17.2 Å². The molecule has 112 valence electrons. The molecular formula is C12H13N3O6. The van der Waals surface area contributed by atoms with Crippen LogP contribution in [-0.4, -0.2) is 45.0 Å². The first-order valence-corrected chi connectivity index (χ1v) is 5.85. The lowest BCUT2D eigenvalue weighted by Gasteiger charge is -2.18. The summed E-state index contributed by atoms with van der Waals surface area (Å²) in [4.78, 5) is 24.4. The Bertz CT molecular complexity index is 564. The van der Waals surface area contributed by atoms with Gasteiger partial charge in [-0.3, -0.25) is 0 Å². The van der Waals surface area contributed by atoms with E-state index < -0.39 is 24.1 Å². The van der Waals surface area contributed by atoms with E-state index in [0.717, 1.165) is 18.2 Å². The summed E-state index contributed by atoms with van der Waals surface area (Å²) in [6.45, 7) is -0.0564. The number of aliphatic hydroxyl groups excluding tert-OH is 2. The molecule has 0 amide bonds. The zero-order valence-corrected chi connectivity index (χ0v) is 10.7. The zero-order valence-electron chi connectivity index (χ0n) is 10.7. The highest BCUT2D eigenvalue weighted by Crippen LogP contribution is 2.22. The second-order valence-corrected chi connectivity index (χ2v) is 4.21. The number of hydrogen-bond acceptors (Lipinski definition) is 5. The number of rotatable bonds is 7. The molecule has 2 unspecified atom stereocenters. The Morgan fingerprint density at radius 2 is 1.67 bits per heavy atom. The lowest BCUT2D eigenvalue weighted by molar-refractivity contribution is 0.0149. The molecule has 21 heavy (non-hydrogen) atoms. The number of carbonyl (C=O) groups is 2. The van der Waals surface area contributed by atoms with Crippen LogP contribution >= 0.6 is 0 Å². The van der Waals surface area contributed by atoms with Crippen LogP contribution in [0.15, 0.2) is 23.3 Å². The van der Waals surface area contributed by atoms with Crippen molar-refractivity contribution in [2.45, 2.75) is 18.6 Å². The fourth-order valence-electron chi connectivity index (χ4n) is 1.68. The van der Waals surface area contributed by atoms with Crippen LogP contribution in [0, 0.1) is 0 Å². The molecule has 0 saturated carbocycles. The molecule has 0 heterocycles. The standard InChI is InChI=1S/C12H13N3O6/c13-15-14-2-1-9(16)10(17)6-3-7(11(18)19)5-8(4-6)12(20)21/h3-5,9-10,16-17H,1-2H2,(H,18,19)(H,20,21). The normalized spacial score (nSPS) is 13.0. The van der Waals surface area contributed by atoms with E-state index >= 15 is 0 Å². The van der Waals surface area contributed by atoms with E-state index in [1.54, 1.807) is 0 Å². The van der Waals surface area contributed by atoms with Gasteiger partial charge in [0.25, 0.3) is 0 Å². The first kappa shape index (κ1) is 16.4. The van der Waals surface area contributed by atoms with E-state index in [1.807, 2.05) is 0 Å². The molecule has 0 spiro atoms. The van der Waals surface area contributed by atoms with Gasteiger partial charge < -0.3 is 20.4 Å². The number of benzene rings is 1. The van der Waals surface area contributed by atoms with Gasteiger partial charge in [-0.15, -0.1) is 0 Å². The molecule has 0 saturated heterocycles. The van der Waals surface area contributed by atoms with Crippen LogP contribution < -0.4 is 0 Å². The molecule has 1 rings (SSSR count). The molecule has 0 radical (unpaired) electrons. The number of azide groups is 1. The highest BCUT2D eigenvalue weighted by Gasteiger charge is 2.21. The van der Waals surface area contributed by atoms with Crippen LogP contribution in [0.25, 0.3) is 10.4 Å². The van der Waals surface area contributed by atoms with Gasteiger partial charge in [0.1, 0.15) is 6.10 Å². The Morgan fingerprint density at radius 1 is 1.14 bits per heavy atom. The number of aliphatic hydroxyl groups is 2. The van der Waals surface area contributed by atoms with Crippen LogP contribution in [0.4, 0.5) is 0 Å². The molecule has 9 heteroatoms. The maximum atomic E-state index is 10.9. The number of carboxylic acid groups (broad SMARTS) is 2. The molecule has 0 aliphatic carbocycles. The average molecular weight is 295 g/mol. The summed E-state index contributed by atoms with van der Waals surface area (Å²) < 4.78 is 0. The third-order valence-electron chi connectivity index (χ3n) is 2.74. The van der Waals surface area contributed by atoms with E-state index in [-0.39, 0.29) is 29.7 Å². The number of carboxylic acids is 2. The summed E-state index contributed by atoms with van der Waals surface area (Å²) in [6, 6.07) is 3.11. The third-order valence-corrected chi connectivity index (χ3v) is 2.74. The molecule has 2 atom stereocenters. The van der Waals surface area contributed by atoms with E-state index in [1.165, 1.54) is 0 Å². The topological polar surface area (TPSA) is 164 Å². The number of hydrogen-bond donors (Lipinski definition) is 4. The van der Waals surface area contributed by atoms with E-state index in [2.05, 4.69) is 10.0 Å². The van der Waals surface area contributed by atoms with E-state index in [0.29, 0.717) is 0 Å². The smallest absolute Gasteiger partial charge is 0.335 e. The van der Waals surface area contributed by atoms with Crippen molar-refractivity contribution in [1.82, 2.24) is 0 Å². The summed E-state index contributed by atoms with van der Waals surface area (Å²) in [7, 11) is 0. The molecule has 0 bridgehead atoms. The van der Waals surface area contributed by atoms with Gasteiger partial charge in [-0.05, 0) is 35.7 Å². The minimum atomic E-state index is -1.49. The molecular weight excluding hydrogens is 282 g/mol. The van der Waals surface area contributed by atoms with Crippen molar-refractivity contribution >= 4 is 11.9 Å². The predicted molar refractivity (Wildman–Crippen MR) is 70.0 cm³/mol. The van der Waals surface area contributed by atoms with Crippen LogP contribution in [0.1, 0.15) is 38.8 Å². The molecule has 0 fully saturated rings. The fraction of sp³-hybridized carbons (Fsp3) is 0.333. The first-order chi connectivity index (χ1) is 9.86. The highest BCUT2D eigenvalue weighted by atomic mass is 16.4. The molecule has 9 nitrogen and oxygen atoms in total. The van der Waals surface area contributed by atoms with Gasteiger partial charge in [0.15, 0.2) is 0 Å². The minimum Gasteiger partial charge on any atom is -0.478 e. The predicted octanol–water partition coefficient (Wildman–Crippen LogP) is 1.18. The SMILES string of the molecule is [N-]=[N+]=NCCC(O)C(O)c1cc(C(=O)O)cc(C(=O)O)c1. The third kappa shape index (κ3) is 4.46. The van der Waals surface area contributed by atoms with E-state index in [9.17, 15) is 19.8 Å². The Morgan fingerprint density at radius 3 is 2.10 bits per heavy atom. The zero-order chi connectivity index (χ0) is 16.0. The fourth-order valence-corrected chi connectivity index (χ4v) is 1.68. The van der Waals surface area contributed by atoms with Gasteiger partial charge in [0.2, 0.25) is 0 Å². The molecule has 0 aromatic heterocycles. The lowest BCUT2D eigenvalue weighted by atomic mass is 9.97. The van der Waals surface area contributed by atoms with Crippen molar-refractivity contribution in [2.24, 2.45) is 5.11 Å². The summed E-state index contributed by atoms with van der Waals surface area (Å²) in [5.74, 6) is -2.70. The second-order valence-electron chi connectivity index (χ2n) is 4.21. The molecule has 4 N–H and O–H groups in total. The average Bonchev–Trinajstić information content (AvgIpc) is 2.45. The highest BCUT2D eigenvalue weighted by molar-refractivity contribution is 5.94. The summed E-state index contributed by atoms with van der Waals surface area (Å²) in [5, 5.41) is 40.7. The Hall–Kier alpha value is -2.61. The number of nitrogens with zero attached hydrogens (tertiary/aromatic N) is 3. The Balaban J connectivity index is 3.07. The lowest BCUT2D eigenvalue weighted by Crippen LogP contribution is -2.20. The number of aromatic carboxylic acids is 2. The monoisotopic (exact) mass is 295 g/mol. The van der Waals surface area contributed by atoms with Crippen molar-refractivity contribution in [1.29, 1.82) is 0 Å². The van der Waals surface area contributed by atoms with Crippen molar-refractivity contribution < 1.29 is 30.0 Å². The minimum absolute atomic E-state index is 0.0410. The summed E-state index contributed by atoms with van der Waals surface area (Å²) >= 11 is 0. The maximum absolute atomic E-state index is 10.9. The van der Waals surface area contributed by atoms with Crippen molar-refractivity contribution in [3.05, 3.63) is 45.3 Å². The van der Waals surface area contributed by atoms with Crippen LogP contribution in [0.3, 0.4) is 0 Å². The van der Waals surface area contributed by atoms with Crippen LogP contribution in [0.5, 0.6) is 0 Å². The molecule has 0 aliphatic rings. The van der Waals surface area contributed by atoms with Gasteiger partial charge >= 0.3 is 11.9 Å². The molecule has 0 aliphatic heterocycles. The van der Waals surface area contributed by atoms with Crippen molar-refractivity contribution in [2.75, 3.05) is 6.54 Å². The maximum Gasteiger partial charge on any atom is 0.335 e. The van der Waals surface area contributed by atoms with Crippen molar-refractivity contribution in [3.63, 3.8) is 0 Å². The van der Waals surface area contributed by atoms with Crippen LogP contribution in [0.2, 0.25) is 0 Å². The quantitative estimate of drug-likeness (QED) is 0.335. The van der Waals surface area contributed by atoms with E-state index in [4.69, 9.17) is 15.7 Å². The van der Waals surface area contributed by atoms with Crippen LogP contribution in [-0.2, 0) is 0 Å². The summed E-state index contributed by atoms with van der Waals surface area (Å²) in [6.07, 6.45) is -2.86.